The molecule has 4 aromatic rings. The van der Waals surface area contributed by atoms with Gasteiger partial charge in [0.25, 0.3) is 17.4 Å². The minimum atomic E-state index is -0.979. The van der Waals surface area contributed by atoms with Crippen molar-refractivity contribution in [1.82, 2.24) is 29.6 Å². The minimum absolute atomic E-state index is 0.0549. The molecule has 0 unspecified atom stereocenters. The van der Waals surface area contributed by atoms with E-state index < -0.39 is 34.3 Å². The van der Waals surface area contributed by atoms with E-state index in [1.165, 1.54) is 28.8 Å². The Morgan fingerprint density at radius 2 is 1.87 bits per heavy atom. The molecule has 38 heavy (non-hydrogen) atoms. The van der Waals surface area contributed by atoms with Crippen molar-refractivity contribution in [2.45, 2.75) is 44.3 Å². The summed E-state index contributed by atoms with van der Waals surface area (Å²) in [6.45, 7) is 0.407. The fourth-order valence-corrected chi connectivity index (χ4v) is 5.47. The van der Waals surface area contributed by atoms with Gasteiger partial charge in [0.05, 0.1) is 11.1 Å². The van der Waals surface area contributed by atoms with Crippen LogP contribution in [0.2, 0.25) is 0 Å². The van der Waals surface area contributed by atoms with Gasteiger partial charge in [0.15, 0.2) is 5.69 Å². The number of nitrogens with one attached hydrogen (secondary N) is 2. The van der Waals surface area contributed by atoms with Gasteiger partial charge in [0.2, 0.25) is 5.75 Å². The average Bonchev–Trinajstić information content (AvgIpc) is 3.28. The number of benzene rings is 1. The van der Waals surface area contributed by atoms with Crippen molar-refractivity contribution in [3.8, 4) is 5.75 Å². The molecule has 3 aliphatic rings. The fourth-order valence-electron chi connectivity index (χ4n) is 5.47. The Kier molecular flexibility index (Phi) is 5.70. The SMILES string of the molecule is O=C(NC12CCC(CC1)Cn1c2nc(C(=O)NCc2ccc(F)cc2)c(O)c1=O)c1ccc2nccn2c1. The number of amides is 2. The summed E-state index contributed by atoms with van der Waals surface area (Å²) in [6, 6.07) is 9.04. The molecule has 2 aliphatic heterocycles. The van der Waals surface area contributed by atoms with Gasteiger partial charge in [-0.1, -0.05) is 12.1 Å². The van der Waals surface area contributed by atoms with Crippen molar-refractivity contribution in [2.75, 3.05) is 0 Å². The molecule has 3 aromatic heterocycles. The lowest BCUT2D eigenvalue weighted by atomic mass is 9.77. The molecule has 11 heteroatoms. The Balaban J connectivity index is 1.35. The first-order valence-electron chi connectivity index (χ1n) is 12.5. The molecular formula is C27H25FN6O4. The summed E-state index contributed by atoms with van der Waals surface area (Å²) in [6.07, 6.45) is 7.69. The first kappa shape index (κ1) is 23.8. The lowest BCUT2D eigenvalue weighted by molar-refractivity contribution is 0.0849. The van der Waals surface area contributed by atoms with Gasteiger partial charge in [-0.2, -0.15) is 0 Å². The second kappa shape index (κ2) is 9.09. The first-order valence-corrected chi connectivity index (χ1v) is 12.5. The van der Waals surface area contributed by atoms with Crippen molar-refractivity contribution >= 4 is 17.5 Å². The number of rotatable bonds is 5. The molecule has 0 spiro atoms. The van der Waals surface area contributed by atoms with E-state index in [1.54, 1.807) is 35.1 Å². The molecule has 7 rings (SSSR count). The number of hydrogen-bond donors (Lipinski definition) is 3. The van der Waals surface area contributed by atoms with Crippen LogP contribution >= 0.6 is 0 Å². The van der Waals surface area contributed by atoms with Gasteiger partial charge >= 0.3 is 0 Å². The molecule has 3 N–H and O–H groups in total. The molecule has 2 bridgehead atoms. The highest BCUT2D eigenvalue weighted by atomic mass is 19.1. The second-order valence-corrected chi connectivity index (χ2v) is 9.95. The third kappa shape index (κ3) is 4.09. The van der Waals surface area contributed by atoms with E-state index in [0.29, 0.717) is 36.2 Å². The second-order valence-electron chi connectivity index (χ2n) is 9.95. The van der Waals surface area contributed by atoms with Gasteiger partial charge in [-0.25, -0.2) is 14.4 Å². The van der Waals surface area contributed by atoms with E-state index >= 15 is 0 Å². The number of halogens is 1. The van der Waals surface area contributed by atoms with E-state index in [2.05, 4.69) is 20.6 Å². The summed E-state index contributed by atoms with van der Waals surface area (Å²) >= 11 is 0. The lowest BCUT2D eigenvalue weighted by Gasteiger charge is -2.37. The largest absolute Gasteiger partial charge is 0.501 e. The summed E-state index contributed by atoms with van der Waals surface area (Å²) in [7, 11) is 0. The highest BCUT2D eigenvalue weighted by Gasteiger charge is 2.46. The maximum Gasteiger partial charge on any atom is 0.296 e. The average molecular weight is 517 g/mol. The van der Waals surface area contributed by atoms with E-state index in [0.717, 1.165) is 12.8 Å². The Morgan fingerprint density at radius 1 is 1.11 bits per heavy atom. The van der Waals surface area contributed by atoms with Crippen molar-refractivity contribution in [3.05, 3.63) is 93.8 Å². The monoisotopic (exact) mass is 516 g/mol. The molecule has 1 aromatic carbocycles. The minimum Gasteiger partial charge on any atom is -0.501 e. The van der Waals surface area contributed by atoms with Gasteiger partial charge in [0.1, 0.15) is 17.3 Å². The zero-order valence-corrected chi connectivity index (χ0v) is 20.4. The van der Waals surface area contributed by atoms with Crippen LogP contribution in [0.5, 0.6) is 5.75 Å². The summed E-state index contributed by atoms with van der Waals surface area (Å²) in [5.74, 6) is -1.75. The maximum atomic E-state index is 13.4. The molecular weight excluding hydrogens is 491 g/mol. The van der Waals surface area contributed by atoms with Crippen molar-refractivity contribution in [3.63, 3.8) is 0 Å². The van der Waals surface area contributed by atoms with Crippen LogP contribution in [0.25, 0.3) is 5.65 Å². The molecule has 1 fully saturated rings. The summed E-state index contributed by atoms with van der Waals surface area (Å²) < 4.78 is 16.3. The highest BCUT2D eigenvalue weighted by Crippen LogP contribution is 2.43. The van der Waals surface area contributed by atoms with Crippen LogP contribution in [-0.4, -0.2) is 35.9 Å². The Bertz CT molecular complexity index is 1620. The Morgan fingerprint density at radius 3 is 2.63 bits per heavy atom. The Labute approximate surface area is 216 Å². The third-order valence-electron chi connectivity index (χ3n) is 7.56. The van der Waals surface area contributed by atoms with Crippen LogP contribution in [0.15, 0.2) is 59.8 Å². The van der Waals surface area contributed by atoms with Crippen LogP contribution in [0.3, 0.4) is 0 Å². The third-order valence-corrected chi connectivity index (χ3v) is 7.56. The molecule has 0 radical (unpaired) electrons. The number of aromatic nitrogens is 4. The predicted molar refractivity (Wildman–Crippen MR) is 134 cm³/mol. The number of hydrogen-bond acceptors (Lipinski definition) is 6. The van der Waals surface area contributed by atoms with E-state index in [9.17, 15) is 23.9 Å². The smallest absolute Gasteiger partial charge is 0.296 e. The van der Waals surface area contributed by atoms with Crippen molar-refractivity contribution < 1.29 is 19.1 Å². The van der Waals surface area contributed by atoms with Crippen LogP contribution in [0.1, 0.15) is 57.9 Å². The quantitative estimate of drug-likeness (QED) is 0.374. The maximum absolute atomic E-state index is 13.4. The first-order chi connectivity index (χ1) is 18.3. The fraction of sp³-hybridized carbons (Fsp3) is 0.296. The molecule has 194 valence electrons. The van der Waals surface area contributed by atoms with Gasteiger partial charge < -0.3 is 20.1 Å². The number of nitrogens with zero attached hydrogens (tertiary/aromatic N) is 4. The van der Waals surface area contributed by atoms with Crippen LogP contribution in [0.4, 0.5) is 4.39 Å². The Hall–Kier alpha value is -4.54. The van der Waals surface area contributed by atoms with Crippen molar-refractivity contribution in [1.29, 1.82) is 0 Å². The molecule has 1 aliphatic carbocycles. The zero-order valence-electron chi connectivity index (χ0n) is 20.4. The number of imidazole rings is 1. The lowest BCUT2D eigenvalue weighted by Crippen LogP contribution is -2.50. The number of aromatic hydroxyl groups is 1. The number of carbonyl (C=O) groups is 2. The van der Waals surface area contributed by atoms with Crippen LogP contribution in [-0.2, 0) is 18.6 Å². The topological polar surface area (TPSA) is 131 Å². The molecule has 2 amide bonds. The van der Waals surface area contributed by atoms with E-state index in [-0.39, 0.29) is 24.2 Å². The zero-order chi connectivity index (χ0) is 26.4. The van der Waals surface area contributed by atoms with Gasteiger partial charge in [-0.05, 0) is 61.4 Å². The molecule has 5 heterocycles. The van der Waals surface area contributed by atoms with Gasteiger partial charge in [-0.15, -0.1) is 0 Å². The number of pyridine rings is 1. The number of carbonyl (C=O) groups excluding carboxylic acids is 2. The predicted octanol–water partition coefficient (Wildman–Crippen LogP) is 2.49. The van der Waals surface area contributed by atoms with E-state index in [4.69, 9.17) is 0 Å². The summed E-state index contributed by atoms with van der Waals surface area (Å²) in [4.78, 5) is 48.4. The van der Waals surface area contributed by atoms with E-state index in [1.807, 2.05) is 0 Å². The van der Waals surface area contributed by atoms with Gasteiger partial charge in [-0.3, -0.25) is 19.0 Å². The van der Waals surface area contributed by atoms with Gasteiger partial charge in [0, 0.05) is 31.7 Å². The molecule has 0 atom stereocenters. The summed E-state index contributed by atoms with van der Waals surface area (Å²) in [5.41, 5.74) is -0.326. The standard InChI is InChI=1S/C27H25FN6O4/c28-19-4-1-16(2-5-19)13-30-24(37)21-22(35)25(38)34-14-17-7-9-27(10-8-17,26(34)31-21)32-23(36)18-3-6-20-29-11-12-33(20)15-18/h1-6,11-12,15,17,35H,7-10,13-14H2,(H,30,37)(H,32,36). The van der Waals surface area contributed by atoms with Crippen molar-refractivity contribution in [2.24, 2.45) is 5.92 Å². The molecule has 10 nitrogen and oxygen atoms in total. The normalized spacial score (nSPS) is 20.1. The molecule has 0 saturated heterocycles. The number of fused-ring (bicyclic) bond motifs is 3. The molecule has 1 saturated carbocycles. The highest BCUT2D eigenvalue weighted by molar-refractivity contribution is 5.95. The van der Waals surface area contributed by atoms with Crippen LogP contribution in [0, 0.1) is 11.7 Å². The summed E-state index contributed by atoms with van der Waals surface area (Å²) in [5, 5.41) is 16.4. The van der Waals surface area contributed by atoms with Crippen LogP contribution < -0.4 is 16.2 Å².